The molecular weight excluding hydrogens is 288 g/mol. The van der Waals surface area contributed by atoms with Gasteiger partial charge in [0, 0.05) is 18.6 Å². The normalized spacial score (nSPS) is 16.0. The molecule has 0 saturated heterocycles. The van der Waals surface area contributed by atoms with Crippen LogP contribution in [0.5, 0.6) is 0 Å². The first-order chi connectivity index (χ1) is 9.95. The van der Waals surface area contributed by atoms with Gasteiger partial charge in [-0.1, -0.05) is 12.1 Å². The Morgan fingerprint density at radius 2 is 2.00 bits per heavy atom. The first-order valence-electron chi connectivity index (χ1n) is 7.44. The largest absolute Gasteiger partial charge is 0.395 e. The van der Waals surface area contributed by atoms with Crippen LogP contribution in [0.25, 0.3) is 0 Å². The molecule has 0 aromatic heterocycles. The zero-order valence-electron chi connectivity index (χ0n) is 12.6. The van der Waals surface area contributed by atoms with Crippen molar-refractivity contribution in [2.24, 2.45) is 0 Å². The summed E-state index contributed by atoms with van der Waals surface area (Å²) in [7, 11) is -3.54. The number of anilines is 1. The lowest BCUT2D eigenvalue weighted by atomic mass is 9.91. The number of rotatable bonds is 7. The molecule has 2 rings (SSSR count). The van der Waals surface area contributed by atoms with Gasteiger partial charge in [-0.2, -0.15) is 0 Å². The van der Waals surface area contributed by atoms with Gasteiger partial charge >= 0.3 is 0 Å². The summed E-state index contributed by atoms with van der Waals surface area (Å²) in [4.78, 5) is 2.32. The summed E-state index contributed by atoms with van der Waals surface area (Å²) < 4.78 is 27.6. The van der Waals surface area contributed by atoms with Gasteiger partial charge in [0.2, 0.25) is 10.0 Å². The van der Waals surface area contributed by atoms with Crippen LogP contribution in [0, 0.1) is 0 Å². The molecule has 1 saturated carbocycles. The van der Waals surface area contributed by atoms with E-state index in [0.717, 1.165) is 19.3 Å². The Bertz CT molecular complexity index is 568. The van der Waals surface area contributed by atoms with Crippen LogP contribution in [0.4, 0.5) is 5.69 Å². The lowest BCUT2D eigenvalue weighted by Crippen LogP contribution is -2.43. The molecule has 5 nitrogen and oxygen atoms in total. The molecule has 0 aliphatic heterocycles. The fraction of sp³-hybridized carbons (Fsp3) is 0.600. The molecular formula is C15H24N2O3S. The van der Waals surface area contributed by atoms with E-state index in [4.69, 9.17) is 0 Å². The van der Waals surface area contributed by atoms with Crippen molar-refractivity contribution in [2.45, 2.75) is 50.1 Å². The number of hydrogen-bond donors (Lipinski definition) is 2. The van der Waals surface area contributed by atoms with Crippen LogP contribution < -0.4 is 9.62 Å². The highest BCUT2D eigenvalue weighted by molar-refractivity contribution is 7.89. The zero-order chi connectivity index (χ0) is 15.5. The standard InChI is InChI=1S/C15H24N2O3S/c1-12(2)16-21(19,20)15-9-4-3-8-14(15)17(10-11-18)13-6-5-7-13/h3-4,8-9,12-13,16,18H,5-7,10-11H2,1-2H3. The number of sulfonamides is 1. The third kappa shape index (κ3) is 3.75. The summed E-state index contributed by atoms with van der Waals surface area (Å²) in [6, 6.07) is 7.19. The van der Waals surface area contributed by atoms with Gasteiger partial charge in [-0.25, -0.2) is 13.1 Å². The van der Waals surface area contributed by atoms with E-state index >= 15 is 0 Å². The predicted octanol–water partition coefficient (Wildman–Crippen LogP) is 1.72. The van der Waals surface area contributed by atoms with E-state index in [9.17, 15) is 13.5 Å². The van der Waals surface area contributed by atoms with Crippen molar-refractivity contribution in [3.63, 3.8) is 0 Å². The van der Waals surface area contributed by atoms with Crippen molar-refractivity contribution in [3.05, 3.63) is 24.3 Å². The fourth-order valence-corrected chi connectivity index (χ4v) is 4.07. The molecule has 2 N–H and O–H groups in total. The molecule has 0 bridgehead atoms. The average Bonchev–Trinajstić information content (AvgIpc) is 2.34. The summed E-state index contributed by atoms with van der Waals surface area (Å²) in [6.07, 6.45) is 3.25. The first-order valence-corrected chi connectivity index (χ1v) is 8.93. The lowest BCUT2D eigenvalue weighted by Gasteiger charge is -2.39. The summed E-state index contributed by atoms with van der Waals surface area (Å²) in [6.45, 7) is 4.08. The van der Waals surface area contributed by atoms with Gasteiger partial charge in [-0.15, -0.1) is 0 Å². The maximum absolute atomic E-state index is 12.5. The average molecular weight is 312 g/mol. The molecule has 1 fully saturated rings. The van der Waals surface area contributed by atoms with Crippen molar-refractivity contribution in [1.82, 2.24) is 4.72 Å². The molecule has 0 heterocycles. The van der Waals surface area contributed by atoms with Gasteiger partial charge in [0.1, 0.15) is 4.90 Å². The third-order valence-electron chi connectivity index (χ3n) is 3.71. The van der Waals surface area contributed by atoms with Crippen molar-refractivity contribution in [1.29, 1.82) is 0 Å². The van der Waals surface area contributed by atoms with E-state index in [-0.39, 0.29) is 12.6 Å². The second-order valence-electron chi connectivity index (χ2n) is 5.75. The molecule has 1 aromatic rings. The minimum atomic E-state index is -3.54. The number of hydrogen-bond acceptors (Lipinski definition) is 4. The summed E-state index contributed by atoms with van der Waals surface area (Å²) in [5, 5.41) is 9.30. The minimum absolute atomic E-state index is 0.0164. The molecule has 6 heteroatoms. The Hall–Kier alpha value is -1.11. The summed E-state index contributed by atoms with van der Waals surface area (Å²) in [5.41, 5.74) is 0.685. The predicted molar refractivity (Wildman–Crippen MR) is 84.0 cm³/mol. The number of aliphatic hydroxyl groups is 1. The van der Waals surface area contributed by atoms with Crippen LogP contribution >= 0.6 is 0 Å². The number of nitrogens with zero attached hydrogens (tertiary/aromatic N) is 1. The van der Waals surface area contributed by atoms with Crippen molar-refractivity contribution in [3.8, 4) is 0 Å². The first kappa shape index (κ1) is 16.3. The van der Waals surface area contributed by atoms with Crippen molar-refractivity contribution < 1.29 is 13.5 Å². The topological polar surface area (TPSA) is 69.6 Å². The monoisotopic (exact) mass is 312 g/mol. The quantitative estimate of drug-likeness (QED) is 0.804. The SMILES string of the molecule is CC(C)NS(=O)(=O)c1ccccc1N(CCO)C1CCC1. The minimum Gasteiger partial charge on any atom is -0.395 e. The van der Waals surface area contributed by atoms with E-state index in [2.05, 4.69) is 4.72 Å². The molecule has 0 atom stereocenters. The number of aliphatic hydroxyl groups excluding tert-OH is 1. The van der Waals surface area contributed by atoms with Gasteiger partial charge in [-0.3, -0.25) is 0 Å². The highest BCUT2D eigenvalue weighted by Crippen LogP contribution is 2.33. The van der Waals surface area contributed by atoms with Gasteiger partial charge in [-0.05, 0) is 45.2 Å². The van der Waals surface area contributed by atoms with E-state index < -0.39 is 10.0 Å². The van der Waals surface area contributed by atoms with E-state index in [1.165, 1.54) is 0 Å². The second kappa shape index (κ2) is 6.77. The summed E-state index contributed by atoms with van der Waals surface area (Å²) >= 11 is 0. The third-order valence-corrected chi connectivity index (χ3v) is 5.42. The molecule has 0 amide bonds. The summed E-state index contributed by atoms with van der Waals surface area (Å²) in [5.74, 6) is 0. The smallest absolute Gasteiger partial charge is 0.242 e. The van der Waals surface area contributed by atoms with Gasteiger partial charge in [0.05, 0.1) is 12.3 Å². The molecule has 118 valence electrons. The van der Waals surface area contributed by atoms with Gasteiger partial charge < -0.3 is 10.0 Å². The highest BCUT2D eigenvalue weighted by Gasteiger charge is 2.29. The molecule has 0 unspecified atom stereocenters. The molecule has 21 heavy (non-hydrogen) atoms. The lowest BCUT2D eigenvalue weighted by molar-refractivity contribution is 0.283. The Morgan fingerprint density at radius 1 is 1.33 bits per heavy atom. The van der Waals surface area contributed by atoms with Crippen LogP contribution in [0.15, 0.2) is 29.2 Å². The molecule has 0 spiro atoms. The van der Waals surface area contributed by atoms with Crippen LogP contribution in [0.2, 0.25) is 0 Å². The Balaban J connectivity index is 2.39. The molecule has 1 aliphatic carbocycles. The van der Waals surface area contributed by atoms with Crippen LogP contribution in [0.1, 0.15) is 33.1 Å². The van der Waals surface area contributed by atoms with E-state index in [0.29, 0.717) is 23.2 Å². The molecule has 1 aromatic carbocycles. The zero-order valence-corrected chi connectivity index (χ0v) is 13.4. The van der Waals surface area contributed by atoms with Crippen molar-refractivity contribution in [2.75, 3.05) is 18.1 Å². The highest BCUT2D eigenvalue weighted by atomic mass is 32.2. The maximum Gasteiger partial charge on any atom is 0.242 e. The van der Waals surface area contributed by atoms with Crippen LogP contribution in [-0.4, -0.2) is 38.8 Å². The fourth-order valence-electron chi connectivity index (χ4n) is 2.60. The Kier molecular flexibility index (Phi) is 5.24. The molecule has 0 radical (unpaired) electrons. The molecule has 1 aliphatic rings. The Morgan fingerprint density at radius 3 is 2.52 bits per heavy atom. The van der Waals surface area contributed by atoms with Crippen molar-refractivity contribution >= 4 is 15.7 Å². The van der Waals surface area contributed by atoms with Gasteiger partial charge in [0.25, 0.3) is 0 Å². The van der Waals surface area contributed by atoms with E-state index in [1.807, 2.05) is 17.0 Å². The number of benzene rings is 1. The Labute approximate surface area is 127 Å². The number of para-hydroxylation sites is 1. The van der Waals surface area contributed by atoms with E-state index in [1.54, 1.807) is 26.0 Å². The van der Waals surface area contributed by atoms with Gasteiger partial charge in [0.15, 0.2) is 0 Å². The maximum atomic E-state index is 12.5. The van der Waals surface area contributed by atoms with Crippen LogP contribution in [0.3, 0.4) is 0 Å². The number of nitrogens with one attached hydrogen (secondary N) is 1. The van der Waals surface area contributed by atoms with Crippen LogP contribution in [-0.2, 0) is 10.0 Å². The second-order valence-corrected chi connectivity index (χ2v) is 7.43.